The van der Waals surface area contributed by atoms with Crippen molar-refractivity contribution in [2.24, 2.45) is 40.4 Å². The zero-order valence-corrected chi connectivity index (χ0v) is 23.7. The van der Waals surface area contributed by atoms with Gasteiger partial charge in [0.25, 0.3) is 0 Å². The summed E-state index contributed by atoms with van der Waals surface area (Å²) in [6.07, 6.45) is 0.538. The monoisotopic (exact) mass is 538 g/mol. The Hall–Kier alpha value is -3.00. The van der Waals surface area contributed by atoms with Crippen molar-refractivity contribution in [1.82, 2.24) is 0 Å². The molecule has 39 heavy (non-hydrogen) atoms. The second kappa shape index (κ2) is 9.29. The second-order valence-corrected chi connectivity index (χ2v) is 13.2. The number of ketones is 6. The number of hydrogen-bond acceptors (Lipinski definition) is 8. The van der Waals surface area contributed by atoms with Crippen LogP contribution >= 0.6 is 0 Å². The van der Waals surface area contributed by atoms with E-state index in [9.17, 15) is 39.0 Å². The van der Waals surface area contributed by atoms with Crippen LogP contribution in [0.4, 0.5) is 0 Å². The maximum Gasteiger partial charge on any atom is 0.190 e. The Morgan fingerprint density at radius 1 is 1.03 bits per heavy atom. The van der Waals surface area contributed by atoms with Gasteiger partial charge < -0.3 is 10.2 Å². The third-order valence-electron chi connectivity index (χ3n) is 9.38. The minimum absolute atomic E-state index is 0.0158. The lowest BCUT2D eigenvalue weighted by molar-refractivity contribution is -0.205. The van der Waals surface area contributed by atoms with Gasteiger partial charge in [0.2, 0.25) is 0 Å². The number of carbonyl (C=O) groups excluding carboxylic acids is 6. The first-order chi connectivity index (χ1) is 17.9. The second-order valence-electron chi connectivity index (χ2n) is 13.2. The summed E-state index contributed by atoms with van der Waals surface area (Å²) in [5, 5.41) is 22.7. The van der Waals surface area contributed by atoms with Crippen molar-refractivity contribution in [1.29, 1.82) is 0 Å². The third kappa shape index (κ3) is 3.97. The van der Waals surface area contributed by atoms with E-state index in [2.05, 4.69) is 0 Å². The Morgan fingerprint density at radius 3 is 2.18 bits per heavy atom. The first-order valence-electron chi connectivity index (χ1n) is 13.7. The smallest absolute Gasteiger partial charge is 0.190 e. The zero-order valence-electron chi connectivity index (χ0n) is 23.7. The van der Waals surface area contributed by atoms with Gasteiger partial charge in [-0.05, 0) is 54.2 Å². The molecule has 2 fully saturated rings. The van der Waals surface area contributed by atoms with Crippen molar-refractivity contribution < 1.29 is 39.0 Å². The molecule has 0 aromatic heterocycles. The van der Waals surface area contributed by atoms with Gasteiger partial charge in [0, 0.05) is 24.2 Å². The van der Waals surface area contributed by atoms with Gasteiger partial charge in [-0.2, -0.15) is 0 Å². The van der Waals surface area contributed by atoms with Crippen LogP contribution in [0, 0.1) is 40.4 Å². The minimum Gasteiger partial charge on any atom is -0.507 e. The fourth-order valence-electron chi connectivity index (χ4n) is 8.10. The van der Waals surface area contributed by atoms with Gasteiger partial charge >= 0.3 is 0 Å². The molecule has 0 amide bonds. The van der Waals surface area contributed by atoms with Crippen LogP contribution in [0.1, 0.15) is 82.8 Å². The number of fused-ring (bicyclic) bond motifs is 3. The maximum atomic E-state index is 14.2. The molecule has 0 heterocycles. The molecule has 8 nitrogen and oxygen atoms in total. The quantitative estimate of drug-likeness (QED) is 0.526. The largest absolute Gasteiger partial charge is 0.507 e. The summed E-state index contributed by atoms with van der Waals surface area (Å²) in [7, 11) is 0. The van der Waals surface area contributed by atoms with Gasteiger partial charge in [-0.15, -0.1) is 0 Å². The molecule has 2 N–H and O–H groups in total. The first-order valence-corrected chi connectivity index (χ1v) is 13.7. The number of rotatable bonds is 6. The van der Waals surface area contributed by atoms with Crippen LogP contribution < -0.4 is 0 Å². The van der Waals surface area contributed by atoms with E-state index in [1.807, 2.05) is 13.8 Å². The molecule has 0 aliphatic heterocycles. The van der Waals surface area contributed by atoms with E-state index in [0.29, 0.717) is 17.5 Å². The number of carbonyl (C=O) groups is 6. The first kappa shape index (κ1) is 29.0. The Balaban J connectivity index is 1.91. The minimum atomic E-state index is -2.72. The topological polar surface area (TPSA) is 143 Å². The molecule has 2 saturated carbocycles. The molecule has 3 unspecified atom stereocenters. The summed E-state index contributed by atoms with van der Waals surface area (Å²) >= 11 is 0. The van der Waals surface area contributed by atoms with Crippen molar-refractivity contribution in [2.75, 3.05) is 0 Å². The van der Waals surface area contributed by atoms with Gasteiger partial charge in [-0.3, -0.25) is 28.8 Å². The van der Waals surface area contributed by atoms with Crippen LogP contribution in [0.25, 0.3) is 0 Å². The lowest BCUT2D eigenvalue weighted by Gasteiger charge is -2.61. The third-order valence-corrected chi connectivity index (χ3v) is 9.38. The van der Waals surface area contributed by atoms with Crippen molar-refractivity contribution in [2.45, 2.75) is 79.8 Å². The van der Waals surface area contributed by atoms with Crippen LogP contribution in [0.5, 0.6) is 5.75 Å². The van der Waals surface area contributed by atoms with E-state index < -0.39 is 69.0 Å². The Bertz CT molecular complexity index is 1320. The molecule has 4 rings (SSSR count). The lowest BCUT2D eigenvalue weighted by atomic mass is 9.40. The molecule has 0 radical (unpaired) electrons. The van der Waals surface area contributed by atoms with Gasteiger partial charge in [0.15, 0.2) is 28.7 Å². The molecule has 210 valence electrons. The molecule has 3 aliphatic rings. The fraction of sp³-hybridized carbons (Fsp3) is 0.613. The van der Waals surface area contributed by atoms with Crippen molar-refractivity contribution in [3.63, 3.8) is 0 Å². The zero-order chi connectivity index (χ0) is 29.4. The van der Waals surface area contributed by atoms with Crippen LogP contribution in [0.2, 0.25) is 0 Å². The average Bonchev–Trinajstić information content (AvgIpc) is 2.77. The Labute approximate surface area is 228 Å². The summed E-state index contributed by atoms with van der Waals surface area (Å²) in [6, 6.07) is 2.95. The standard InChI is InChI=1S/C31H38O8/c1-14(2)10-18(33)11-17-8-9-20(34)22-19(17)12-29(6)13-30(7)23(15(3)4)25(35)21(16(5)32)27(37)31(30,39)28(38)24(29)26(22)36/h8-9,14-15,21,23-24,34,39H,10-13H2,1-7H3/t21?,23?,24?,29-,30-,31+/m1/s1. The highest BCUT2D eigenvalue weighted by Gasteiger charge is 2.76. The summed E-state index contributed by atoms with van der Waals surface area (Å²) in [4.78, 5) is 80.6. The molecule has 0 spiro atoms. The predicted molar refractivity (Wildman–Crippen MR) is 141 cm³/mol. The number of phenolic OH excluding ortho intramolecular Hbond substituents is 1. The number of benzene rings is 1. The molecule has 1 aromatic rings. The Morgan fingerprint density at radius 2 is 1.64 bits per heavy atom. The molecular formula is C31H38O8. The molecule has 6 atom stereocenters. The van der Waals surface area contributed by atoms with E-state index in [-0.39, 0.29) is 42.3 Å². The van der Waals surface area contributed by atoms with Crippen LogP contribution in [-0.4, -0.2) is 50.5 Å². The van der Waals surface area contributed by atoms with E-state index in [0.717, 1.165) is 6.92 Å². The molecular weight excluding hydrogens is 500 g/mol. The van der Waals surface area contributed by atoms with Gasteiger partial charge in [-0.1, -0.05) is 47.6 Å². The van der Waals surface area contributed by atoms with Crippen molar-refractivity contribution in [3.8, 4) is 5.75 Å². The number of aliphatic hydroxyl groups is 1. The molecule has 3 aliphatic carbocycles. The molecule has 1 aromatic carbocycles. The number of hydrogen-bond donors (Lipinski definition) is 2. The van der Waals surface area contributed by atoms with E-state index in [4.69, 9.17) is 0 Å². The molecule has 0 saturated heterocycles. The highest BCUT2D eigenvalue weighted by molar-refractivity contribution is 6.32. The average molecular weight is 539 g/mol. The van der Waals surface area contributed by atoms with Gasteiger partial charge in [0.1, 0.15) is 23.2 Å². The Kier molecular flexibility index (Phi) is 6.91. The highest BCUT2D eigenvalue weighted by Crippen LogP contribution is 2.63. The summed E-state index contributed by atoms with van der Waals surface area (Å²) in [5.41, 5.74) is -4.39. The predicted octanol–water partition coefficient (Wildman–Crippen LogP) is 3.25. The maximum absolute atomic E-state index is 14.2. The number of Topliss-reactive ketones (excluding diaryl/α,β-unsaturated/α-hetero) is 6. The molecule has 8 heteroatoms. The highest BCUT2D eigenvalue weighted by atomic mass is 16.3. The summed E-state index contributed by atoms with van der Waals surface area (Å²) in [5.74, 6) is -9.10. The van der Waals surface area contributed by atoms with Crippen molar-refractivity contribution >= 4 is 34.7 Å². The van der Waals surface area contributed by atoms with Crippen molar-refractivity contribution in [3.05, 3.63) is 28.8 Å². The normalized spacial score (nSPS) is 34.2. The summed E-state index contributed by atoms with van der Waals surface area (Å²) < 4.78 is 0. The van der Waals surface area contributed by atoms with Crippen LogP contribution in [0.15, 0.2) is 12.1 Å². The fourth-order valence-corrected chi connectivity index (χ4v) is 8.10. The molecule has 0 bridgehead atoms. The summed E-state index contributed by atoms with van der Waals surface area (Å²) in [6.45, 7) is 11.7. The van der Waals surface area contributed by atoms with E-state index in [1.54, 1.807) is 33.8 Å². The number of aromatic hydroxyl groups is 1. The number of phenols is 1. The van der Waals surface area contributed by atoms with E-state index in [1.165, 1.54) is 6.07 Å². The van der Waals surface area contributed by atoms with Gasteiger partial charge in [0.05, 0.1) is 11.5 Å². The van der Waals surface area contributed by atoms with E-state index >= 15 is 0 Å². The van der Waals surface area contributed by atoms with Crippen LogP contribution in [-0.2, 0) is 36.8 Å². The SMILES string of the molecule is CC(=O)C1C(=O)C(C(C)C)[C@@]2(C)C[C@@]3(C)Cc4c(CC(=O)CC(C)C)ccc(O)c4C(=O)C3C(=O)[C@@]2(O)C1=O. The lowest BCUT2D eigenvalue weighted by Crippen LogP contribution is -2.76. The van der Waals surface area contributed by atoms with Crippen LogP contribution in [0.3, 0.4) is 0 Å². The van der Waals surface area contributed by atoms with Gasteiger partial charge in [-0.25, -0.2) is 0 Å².